The molecule has 2 aliphatic rings. The largest absolute Gasteiger partial charge is 0.504 e. The molecule has 0 radical (unpaired) electrons. The summed E-state index contributed by atoms with van der Waals surface area (Å²) >= 11 is 0. The number of esters is 2. The maximum absolute atomic E-state index is 12.6. The quantitative estimate of drug-likeness (QED) is 0.106. The molecule has 2 fully saturated rings. The van der Waals surface area contributed by atoms with Gasteiger partial charge in [0.2, 0.25) is 5.91 Å². The van der Waals surface area contributed by atoms with Crippen LogP contribution in [0, 0.1) is 18.3 Å². The van der Waals surface area contributed by atoms with Gasteiger partial charge in [0.15, 0.2) is 11.5 Å². The molecule has 1 saturated heterocycles. The summed E-state index contributed by atoms with van der Waals surface area (Å²) < 4.78 is 16.3. The van der Waals surface area contributed by atoms with Crippen LogP contribution >= 0.6 is 0 Å². The molecule has 1 aromatic carbocycles. The normalized spacial score (nSPS) is 17.7. The third-order valence-electron chi connectivity index (χ3n) is 6.89. The Kier molecular flexibility index (Phi) is 12.5. The Morgan fingerprint density at radius 2 is 1.70 bits per heavy atom. The SMILES string of the molecule is Cc1cc(O)c(O)cc1C(=O)OCC(CNC(C)(C)CNC(=O)C1CCOC1)OC(=O)C1(C)CC1.O=C(O)/C=C\C(=O)O. The number of hydrogen-bond donors (Lipinski definition) is 6. The van der Waals surface area contributed by atoms with E-state index in [9.17, 15) is 34.2 Å². The third kappa shape index (κ3) is 11.9. The van der Waals surface area contributed by atoms with Gasteiger partial charge in [-0.05, 0) is 64.7 Å². The number of rotatable bonds is 13. The molecule has 0 spiro atoms. The fraction of sp³-hybridized carbons (Fsp3) is 0.552. The lowest BCUT2D eigenvalue weighted by molar-refractivity contribution is -0.157. The number of carbonyl (C=O) groups is 5. The summed E-state index contributed by atoms with van der Waals surface area (Å²) in [5.41, 5.74) is -0.487. The van der Waals surface area contributed by atoms with Crippen molar-refractivity contribution in [2.45, 2.75) is 58.6 Å². The van der Waals surface area contributed by atoms with E-state index in [0.29, 0.717) is 43.9 Å². The van der Waals surface area contributed by atoms with Crippen LogP contribution in [0.4, 0.5) is 0 Å². The molecule has 2 atom stereocenters. The third-order valence-corrected chi connectivity index (χ3v) is 6.89. The zero-order valence-electron chi connectivity index (χ0n) is 24.7. The van der Waals surface area contributed by atoms with Gasteiger partial charge in [0.1, 0.15) is 12.7 Å². The molecule has 1 aliphatic heterocycles. The van der Waals surface area contributed by atoms with E-state index >= 15 is 0 Å². The predicted octanol–water partition coefficient (Wildman–Crippen LogP) is 1.51. The first-order valence-electron chi connectivity index (χ1n) is 13.7. The lowest BCUT2D eigenvalue weighted by atomic mass is 10.0. The number of phenols is 2. The van der Waals surface area contributed by atoms with Crippen LogP contribution in [0.2, 0.25) is 0 Å². The molecule has 6 N–H and O–H groups in total. The highest BCUT2D eigenvalue weighted by molar-refractivity contribution is 5.92. The number of nitrogens with one attached hydrogen (secondary N) is 2. The van der Waals surface area contributed by atoms with Crippen molar-refractivity contribution >= 4 is 29.8 Å². The lowest BCUT2D eigenvalue weighted by Crippen LogP contribution is -2.53. The highest BCUT2D eigenvalue weighted by atomic mass is 16.6. The number of aliphatic carboxylic acids is 2. The van der Waals surface area contributed by atoms with Gasteiger partial charge in [-0.3, -0.25) is 9.59 Å². The maximum Gasteiger partial charge on any atom is 0.338 e. The topological polar surface area (TPSA) is 218 Å². The van der Waals surface area contributed by atoms with E-state index in [1.165, 1.54) is 6.07 Å². The van der Waals surface area contributed by atoms with E-state index in [0.717, 1.165) is 18.9 Å². The first kappa shape index (κ1) is 35.0. The summed E-state index contributed by atoms with van der Waals surface area (Å²) in [6, 6.07) is 2.41. The summed E-state index contributed by atoms with van der Waals surface area (Å²) in [6.07, 6.45) is 2.57. The summed E-state index contributed by atoms with van der Waals surface area (Å²) in [7, 11) is 0. The molecule has 2 unspecified atom stereocenters. The molecule has 0 aromatic heterocycles. The molecule has 1 amide bonds. The van der Waals surface area contributed by atoms with Gasteiger partial charge in [0.25, 0.3) is 0 Å². The first-order chi connectivity index (χ1) is 20.0. The van der Waals surface area contributed by atoms with Crippen LogP contribution in [0.15, 0.2) is 24.3 Å². The Labute approximate surface area is 249 Å². The molecule has 43 heavy (non-hydrogen) atoms. The molecule has 0 bridgehead atoms. The Morgan fingerprint density at radius 3 is 2.23 bits per heavy atom. The highest BCUT2D eigenvalue weighted by Gasteiger charge is 2.47. The summed E-state index contributed by atoms with van der Waals surface area (Å²) in [5.74, 6) is -4.51. The van der Waals surface area contributed by atoms with Crippen LogP contribution in [-0.4, -0.2) is 94.8 Å². The van der Waals surface area contributed by atoms with E-state index in [2.05, 4.69) is 10.6 Å². The number of hydrogen-bond acceptors (Lipinski definition) is 11. The van der Waals surface area contributed by atoms with E-state index in [1.54, 1.807) is 6.92 Å². The van der Waals surface area contributed by atoms with Crippen LogP contribution < -0.4 is 10.6 Å². The van der Waals surface area contributed by atoms with Gasteiger partial charge in [0, 0.05) is 37.4 Å². The minimum absolute atomic E-state index is 0.0524. The minimum Gasteiger partial charge on any atom is -0.504 e. The van der Waals surface area contributed by atoms with Crippen molar-refractivity contribution in [1.29, 1.82) is 0 Å². The molecule has 1 saturated carbocycles. The zero-order chi connectivity index (χ0) is 32.4. The van der Waals surface area contributed by atoms with Crippen LogP contribution in [0.3, 0.4) is 0 Å². The van der Waals surface area contributed by atoms with Crippen molar-refractivity contribution in [2.24, 2.45) is 11.3 Å². The molecular formula is C29H40N2O12. The maximum atomic E-state index is 12.6. The predicted molar refractivity (Wildman–Crippen MR) is 150 cm³/mol. The number of phenolic OH excluding ortho intramolecular Hbond substituents is 2. The van der Waals surface area contributed by atoms with E-state index < -0.39 is 40.7 Å². The van der Waals surface area contributed by atoms with Crippen molar-refractivity contribution in [2.75, 3.05) is 32.9 Å². The summed E-state index contributed by atoms with van der Waals surface area (Å²) in [5, 5.41) is 41.2. The fourth-order valence-corrected chi connectivity index (χ4v) is 3.76. The summed E-state index contributed by atoms with van der Waals surface area (Å²) in [4.78, 5) is 56.6. The van der Waals surface area contributed by atoms with Gasteiger partial charge in [-0.15, -0.1) is 0 Å². The first-order valence-corrected chi connectivity index (χ1v) is 13.7. The number of ether oxygens (including phenoxy) is 3. The second-order valence-electron chi connectivity index (χ2n) is 11.4. The molecular weight excluding hydrogens is 568 g/mol. The lowest BCUT2D eigenvalue weighted by Gasteiger charge is -2.30. The Bertz CT molecular complexity index is 1200. The monoisotopic (exact) mass is 608 g/mol. The van der Waals surface area contributed by atoms with Crippen molar-refractivity contribution in [3.8, 4) is 11.5 Å². The number of carbonyl (C=O) groups excluding carboxylic acids is 3. The molecule has 1 heterocycles. The van der Waals surface area contributed by atoms with Crippen molar-refractivity contribution < 1.29 is 58.6 Å². The van der Waals surface area contributed by atoms with E-state index in [1.807, 2.05) is 20.8 Å². The van der Waals surface area contributed by atoms with Crippen LogP contribution in [0.1, 0.15) is 56.0 Å². The van der Waals surface area contributed by atoms with Gasteiger partial charge in [-0.2, -0.15) is 0 Å². The molecule has 1 aliphatic carbocycles. The molecule has 238 valence electrons. The van der Waals surface area contributed by atoms with Gasteiger partial charge in [-0.1, -0.05) is 0 Å². The Morgan fingerprint density at radius 1 is 1.09 bits per heavy atom. The number of benzene rings is 1. The number of carboxylic acid groups (broad SMARTS) is 2. The highest BCUT2D eigenvalue weighted by Crippen LogP contribution is 2.46. The Balaban J connectivity index is 0.000000708. The Hall–Kier alpha value is -4.17. The van der Waals surface area contributed by atoms with Crippen LogP contribution in [0.5, 0.6) is 11.5 Å². The molecule has 3 rings (SSSR count). The van der Waals surface area contributed by atoms with Crippen molar-refractivity contribution in [1.82, 2.24) is 10.6 Å². The van der Waals surface area contributed by atoms with Gasteiger partial charge in [0.05, 0.1) is 23.5 Å². The average molecular weight is 609 g/mol. The number of carboxylic acids is 2. The summed E-state index contributed by atoms with van der Waals surface area (Å²) in [6.45, 7) is 8.64. The second-order valence-corrected chi connectivity index (χ2v) is 11.4. The van der Waals surface area contributed by atoms with E-state index in [-0.39, 0.29) is 42.3 Å². The van der Waals surface area contributed by atoms with E-state index in [4.69, 9.17) is 24.4 Å². The fourth-order valence-electron chi connectivity index (χ4n) is 3.76. The minimum atomic E-state index is -1.26. The number of amides is 1. The van der Waals surface area contributed by atoms with Crippen molar-refractivity contribution in [3.05, 3.63) is 35.4 Å². The van der Waals surface area contributed by atoms with Crippen molar-refractivity contribution in [3.63, 3.8) is 0 Å². The van der Waals surface area contributed by atoms with Crippen LogP contribution in [-0.2, 0) is 33.4 Å². The number of aromatic hydroxyl groups is 2. The van der Waals surface area contributed by atoms with Gasteiger partial charge in [-0.25, -0.2) is 14.4 Å². The molecule has 14 nitrogen and oxygen atoms in total. The average Bonchev–Trinajstić information content (AvgIpc) is 3.45. The smallest absolute Gasteiger partial charge is 0.338 e. The van der Waals surface area contributed by atoms with Gasteiger partial charge < -0.3 is 45.3 Å². The zero-order valence-corrected chi connectivity index (χ0v) is 24.7. The molecule has 14 heteroatoms. The second kappa shape index (κ2) is 15.3. The van der Waals surface area contributed by atoms with Gasteiger partial charge >= 0.3 is 23.9 Å². The molecule has 1 aromatic rings. The number of aryl methyl sites for hydroxylation is 1. The standard InChI is InChI=1S/C25H36N2O8.C4H4O4/c1-15-9-19(28)20(29)10-18(15)22(31)34-13-17(35-23(32)25(4)6-7-25)11-27-24(2,3)14-26-21(30)16-5-8-33-12-16;5-3(6)1-2-4(7)8/h9-10,16-17,27-29H,5-8,11-14H2,1-4H3,(H,26,30);1-2H,(H,5,6)(H,7,8)/b;2-1-. The van der Waals surface area contributed by atoms with Crippen LogP contribution in [0.25, 0.3) is 0 Å².